The van der Waals surface area contributed by atoms with Gasteiger partial charge in [-0.3, -0.25) is 14.6 Å². The molecule has 1 atom stereocenters. The van der Waals surface area contributed by atoms with Gasteiger partial charge in [0.1, 0.15) is 0 Å². The normalized spacial score (nSPS) is 11.9. The lowest BCUT2D eigenvalue weighted by molar-refractivity contribution is -0.150. The lowest BCUT2D eigenvalue weighted by Crippen LogP contribution is -2.17. The first-order valence-electron chi connectivity index (χ1n) is 4.71. The van der Waals surface area contributed by atoms with Crippen LogP contribution in [0.4, 0.5) is 0 Å². The van der Waals surface area contributed by atoms with Crippen LogP contribution < -0.4 is 0 Å². The van der Waals surface area contributed by atoms with E-state index in [4.69, 9.17) is 4.74 Å². The van der Waals surface area contributed by atoms with Gasteiger partial charge in [0, 0.05) is 24.9 Å². The molecule has 0 spiro atoms. The summed E-state index contributed by atoms with van der Waals surface area (Å²) in [5, 5.41) is -0.203. The lowest BCUT2D eigenvalue weighted by Gasteiger charge is -2.16. The Hall–Kier alpha value is -1.36. The Morgan fingerprint density at radius 1 is 1.50 bits per heavy atom. The molecule has 0 amide bonds. The molecule has 5 heteroatoms. The Morgan fingerprint density at radius 3 is 2.69 bits per heavy atom. The predicted molar refractivity (Wildman–Crippen MR) is 62.0 cm³/mol. The molecule has 0 aliphatic heterocycles. The summed E-state index contributed by atoms with van der Waals surface area (Å²) in [7, 11) is 0. The summed E-state index contributed by atoms with van der Waals surface area (Å²) in [6.07, 6.45) is 3.98. The summed E-state index contributed by atoms with van der Waals surface area (Å²) in [5.74, 6) is -0.476. The van der Waals surface area contributed by atoms with Crippen LogP contribution in [-0.2, 0) is 14.3 Å². The molecule has 1 unspecified atom stereocenters. The van der Waals surface area contributed by atoms with Gasteiger partial charge in [0.25, 0.3) is 0 Å². The van der Waals surface area contributed by atoms with Crippen LogP contribution in [0.25, 0.3) is 0 Å². The molecule has 0 aromatic carbocycles. The molecule has 86 valence electrons. The molecule has 0 radical (unpaired) electrons. The number of nitrogens with zero attached hydrogens (tertiary/aromatic N) is 1. The molecule has 0 aliphatic rings. The van der Waals surface area contributed by atoms with Crippen molar-refractivity contribution in [2.75, 3.05) is 6.26 Å². The molecule has 0 bridgehead atoms. The topological polar surface area (TPSA) is 56.3 Å². The summed E-state index contributed by atoms with van der Waals surface area (Å²) in [6.45, 7) is 3.13. The van der Waals surface area contributed by atoms with Crippen molar-refractivity contribution in [3.8, 4) is 0 Å². The molecule has 0 aliphatic carbocycles. The maximum Gasteiger partial charge on any atom is 0.303 e. The third-order valence-corrected chi connectivity index (χ3v) is 2.68. The number of ether oxygens (including phenoxy) is 1. The zero-order valence-corrected chi connectivity index (χ0v) is 10.2. The fourth-order valence-corrected chi connectivity index (χ4v) is 1.65. The first-order valence-corrected chi connectivity index (χ1v) is 5.94. The van der Waals surface area contributed by atoms with E-state index in [2.05, 4.69) is 4.98 Å². The fourth-order valence-electron chi connectivity index (χ4n) is 1.26. The Kier molecular flexibility index (Phi) is 4.49. The molecule has 16 heavy (non-hydrogen) atoms. The van der Waals surface area contributed by atoms with E-state index in [1.807, 2.05) is 6.92 Å². The van der Waals surface area contributed by atoms with Crippen molar-refractivity contribution in [3.05, 3.63) is 29.6 Å². The van der Waals surface area contributed by atoms with E-state index in [0.717, 1.165) is 17.3 Å². The Labute approximate surface area is 98.4 Å². The van der Waals surface area contributed by atoms with E-state index in [1.54, 1.807) is 24.7 Å². The molecule has 4 nitrogen and oxygen atoms in total. The minimum Gasteiger partial charge on any atom is -0.449 e. The van der Waals surface area contributed by atoms with Crippen molar-refractivity contribution in [2.24, 2.45) is 0 Å². The highest BCUT2D eigenvalue weighted by molar-refractivity contribution is 8.13. The van der Waals surface area contributed by atoms with Crippen molar-refractivity contribution in [3.63, 3.8) is 0 Å². The standard InChI is InChI=1S/C11H13NO3S/c1-7-4-5-12-6-9(7)10(11(14)16-3)15-8(2)13/h4-6,10H,1-3H3. The molecular formula is C11H13NO3S. The van der Waals surface area contributed by atoms with Gasteiger partial charge >= 0.3 is 5.97 Å². The highest BCUT2D eigenvalue weighted by Gasteiger charge is 2.24. The van der Waals surface area contributed by atoms with Crippen LogP contribution in [0.15, 0.2) is 18.5 Å². The fraction of sp³-hybridized carbons (Fsp3) is 0.364. The molecular weight excluding hydrogens is 226 g/mol. The smallest absolute Gasteiger partial charge is 0.303 e. The first kappa shape index (κ1) is 12.7. The van der Waals surface area contributed by atoms with E-state index in [9.17, 15) is 9.59 Å². The summed E-state index contributed by atoms with van der Waals surface area (Å²) >= 11 is 1.03. The van der Waals surface area contributed by atoms with Crippen molar-refractivity contribution < 1.29 is 14.3 Å². The lowest BCUT2D eigenvalue weighted by atomic mass is 10.1. The maximum atomic E-state index is 11.7. The largest absolute Gasteiger partial charge is 0.449 e. The molecule has 0 saturated carbocycles. The molecule has 1 aromatic rings. The quantitative estimate of drug-likeness (QED) is 0.754. The number of aryl methyl sites for hydroxylation is 1. The summed E-state index contributed by atoms with van der Waals surface area (Å²) in [4.78, 5) is 26.6. The van der Waals surface area contributed by atoms with Gasteiger partial charge in [0.05, 0.1) is 0 Å². The molecule has 0 saturated heterocycles. The second-order valence-electron chi connectivity index (χ2n) is 3.24. The highest BCUT2D eigenvalue weighted by atomic mass is 32.2. The van der Waals surface area contributed by atoms with Crippen molar-refractivity contribution in [1.82, 2.24) is 4.98 Å². The van der Waals surface area contributed by atoms with Gasteiger partial charge in [0.15, 0.2) is 6.10 Å². The van der Waals surface area contributed by atoms with Gasteiger partial charge < -0.3 is 4.74 Å². The van der Waals surface area contributed by atoms with Crippen molar-refractivity contribution >= 4 is 22.8 Å². The van der Waals surface area contributed by atoms with Crippen LogP contribution in [0.2, 0.25) is 0 Å². The minimum atomic E-state index is -0.860. The van der Waals surface area contributed by atoms with Crippen LogP contribution in [0.5, 0.6) is 0 Å². The van der Waals surface area contributed by atoms with E-state index in [1.165, 1.54) is 6.92 Å². The van der Waals surface area contributed by atoms with E-state index >= 15 is 0 Å². The van der Waals surface area contributed by atoms with Crippen LogP contribution in [0.1, 0.15) is 24.2 Å². The second kappa shape index (κ2) is 5.65. The van der Waals surface area contributed by atoms with Crippen LogP contribution in [0.3, 0.4) is 0 Å². The third-order valence-electron chi connectivity index (χ3n) is 2.06. The molecule has 1 rings (SSSR count). The van der Waals surface area contributed by atoms with E-state index in [0.29, 0.717) is 5.56 Å². The summed E-state index contributed by atoms with van der Waals surface area (Å²) < 4.78 is 5.02. The SMILES string of the molecule is CSC(=O)C(OC(C)=O)c1cnccc1C. The number of pyridine rings is 1. The molecule has 0 fully saturated rings. The monoisotopic (exact) mass is 239 g/mol. The van der Waals surface area contributed by atoms with Gasteiger partial charge in [-0.2, -0.15) is 0 Å². The minimum absolute atomic E-state index is 0.203. The third kappa shape index (κ3) is 3.06. The average molecular weight is 239 g/mol. The molecule has 0 N–H and O–H groups in total. The predicted octanol–water partition coefficient (Wildman–Crippen LogP) is 1.88. The number of hydrogen-bond donors (Lipinski definition) is 0. The molecule has 1 aromatic heterocycles. The number of carbonyl (C=O) groups is 2. The number of aromatic nitrogens is 1. The Balaban J connectivity index is 3.06. The van der Waals surface area contributed by atoms with E-state index < -0.39 is 12.1 Å². The highest BCUT2D eigenvalue weighted by Crippen LogP contribution is 2.25. The maximum absolute atomic E-state index is 11.7. The van der Waals surface area contributed by atoms with Gasteiger partial charge in [-0.1, -0.05) is 11.8 Å². The Morgan fingerprint density at radius 2 is 2.19 bits per heavy atom. The van der Waals surface area contributed by atoms with Gasteiger partial charge in [-0.15, -0.1) is 0 Å². The number of thioether (sulfide) groups is 1. The van der Waals surface area contributed by atoms with Gasteiger partial charge in [-0.05, 0) is 24.8 Å². The number of carbonyl (C=O) groups excluding carboxylic acids is 2. The van der Waals surface area contributed by atoms with Gasteiger partial charge in [0.2, 0.25) is 5.12 Å². The number of esters is 1. The Bertz CT molecular complexity index is 406. The zero-order valence-electron chi connectivity index (χ0n) is 9.39. The number of hydrogen-bond acceptors (Lipinski definition) is 5. The van der Waals surface area contributed by atoms with Crippen molar-refractivity contribution in [1.29, 1.82) is 0 Å². The first-order chi connectivity index (χ1) is 7.56. The number of rotatable bonds is 3. The van der Waals surface area contributed by atoms with Crippen molar-refractivity contribution in [2.45, 2.75) is 20.0 Å². The summed E-state index contributed by atoms with van der Waals surface area (Å²) in [6, 6.07) is 1.78. The second-order valence-corrected chi connectivity index (χ2v) is 4.06. The van der Waals surface area contributed by atoms with E-state index in [-0.39, 0.29) is 5.12 Å². The van der Waals surface area contributed by atoms with Crippen LogP contribution in [0, 0.1) is 6.92 Å². The van der Waals surface area contributed by atoms with Gasteiger partial charge in [-0.25, -0.2) is 0 Å². The van der Waals surface area contributed by atoms with Crippen LogP contribution in [-0.4, -0.2) is 22.3 Å². The average Bonchev–Trinajstić information content (AvgIpc) is 2.26. The zero-order chi connectivity index (χ0) is 12.1. The summed E-state index contributed by atoms with van der Waals surface area (Å²) in [5.41, 5.74) is 1.51. The van der Waals surface area contributed by atoms with Crippen LogP contribution >= 0.6 is 11.8 Å². The molecule has 1 heterocycles.